The average Bonchev–Trinajstić information content (AvgIpc) is 2.65. The first-order valence-corrected chi connectivity index (χ1v) is 8.05. The summed E-state index contributed by atoms with van der Waals surface area (Å²) in [5.41, 5.74) is 2.29. The number of hydrogen-bond acceptors (Lipinski definition) is 4. The van der Waals surface area contributed by atoms with Gasteiger partial charge in [0.1, 0.15) is 11.0 Å². The molecule has 0 spiro atoms. The third-order valence-corrected chi connectivity index (χ3v) is 4.90. The van der Waals surface area contributed by atoms with E-state index in [4.69, 9.17) is 11.6 Å². The van der Waals surface area contributed by atoms with Crippen molar-refractivity contribution in [3.8, 4) is 0 Å². The van der Waals surface area contributed by atoms with Crippen LogP contribution < -0.4 is 0 Å². The van der Waals surface area contributed by atoms with Gasteiger partial charge in [-0.05, 0) is 11.7 Å². The molecule has 16 heavy (non-hydrogen) atoms. The van der Waals surface area contributed by atoms with Gasteiger partial charge in [0.15, 0.2) is 0 Å². The van der Waals surface area contributed by atoms with Gasteiger partial charge in [0.2, 0.25) is 0 Å². The predicted octanol–water partition coefficient (Wildman–Crippen LogP) is 3.77. The van der Waals surface area contributed by atoms with Crippen molar-refractivity contribution >= 4 is 35.1 Å². The molecule has 2 heterocycles. The van der Waals surface area contributed by atoms with Crippen molar-refractivity contribution in [1.29, 1.82) is 0 Å². The summed E-state index contributed by atoms with van der Waals surface area (Å²) in [5, 5.41) is 0.662. The molecule has 0 atom stereocenters. The summed E-state index contributed by atoms with van der Waals surface area (Å²) >= 11 is 9.88. The standard InChI is InChI=1S/C11H15ClN2S2/c1-7(2)3-15-6-10-13-9-5-16-4-8(9)11(12)14-10/h7H,3-6H2,1-2H3. The highest BCUT2D eigenvalue weighted by molar-refractivity contribution is 7.98. The second kappa shape index (κ2) is 5.61. The Labute approximate surface area is 110 Å². The van der Waals surface area contributed by atoms with Gasteiger partial charge in [0, 0.05) is 17.1 Å². The Kier molecular flexibility index (Phi) is 4.39. The first-order valence-electron chi connectivity index (χ1n) is 5.36. The molecule has 5 heteroatoms. The second-order valence-electron chi connectivity index (χ2n) is 4.26. The molecule has 0 saturated carbocycles. The molecule has 0 N–H and O–H groups in total. The Morgan fingerprint density at radius 1 is 1.38 bits per heavy atom. The molecule has 0 bridgehead atoms. The van der Waals surface area contributed by atoms with E-state index in [0.717, 1.165) is 40.1 Å². The second-order valence-corrected chi connectivity index (χ2v) is 6.63. The molecular formula is C11H15ClN2S2. The van der Waals surface area contributed by atoms with Crippen molar-refractivity contribution < 1.29 is 0 Å². The fraction of sp³-hybridized carbons (Fsp3) is 0.636. The molecule has 0 unspecified atom stereocenters. The lowest BCUT2D eigenvalue weighted by atomic mass is 10.3. The maximum absolute atomic E-state index is 6.14. The van der Waals surface area contributed by atoms with Crippen LogP contribution in [-0.4, -0.2) is 15.7 Å². The van der Waals surface area contributed by atoms with Crippen LogP contribution in [0.15, 0.2) is 0 Å². The van der Waals surface area contributed by atoms with Crippen molar-refractivity contribution in [1.82, 2.24) is 9.97 Å². The SMILES string of the molecule is CC(C)CSCc1nc(Cl)c2c(n1)CSC2. The molecule has 1 aliphatic rings. The summed E-state index contributed by atoms with van der Waals surface area (Å²) in [4.78, 5) is 8.94. The van der Waals surface area contributed by atoms with Gasteiger partial charge in [-0.2, -0.15) is 23.5 Å². The van der Waals surface area contributed by atoms with Gasteiger partial charge in [-0.15, -0.1) is 0 Å². The minimum absolute atomic E-state index is 0.662. The molecule has 2 nitrogen and oxygen atoms in total. The topological polar surface area (TPSA) is 25.8 Å². The van der Waals surface area contributed by atoms with Crippen molar-refractivity contribution in [3.05, 3.63) is 22.2 Å². The summed E-state index contributed by atoms with van der Waals surface area (Å²) in [7, 11) is 0. The molecular weight excluding hydrogens is 260 g/mol. The largest absolute Gasteiger partial charge is 0.236 e. The lowest BCUT2D eigenvalue weighted by Gasteiger charge is -2.06. The highest BCUT2D eigenvalue weighted by Crippen LogP contribution is 2.32. The third kappa shape index (κ3) is 3.05. The summed E-state index contributed by atoms with van der Waals surface area (Å²) in [6, 6.07) is 0. The maximum Gasteiger partial charge on any atom is 0.140 e. The average molecular weight is 275 g/mol. The zero-order chi connectivity index (χ0) is 11.5. The molecule has 0 radical (unpaired) electrons. The van der Waals surface area contributed by atoms with Crippen LogP contribution in [0.2, 0.25) is 5.15 Å². The van der Waals surface area contributed by atoms with Gasteiger partial charge < -0.3 is 0 Å². The molecule has 0 saturated heterocycles. The zero-order valence-electron chi connectivity index (χ0n) is 9.49. The Morgan fingerprint density at radius 2 is 2.19 bits per heavy atom. The molecule has 1 aromatic heterocycles. The van der Waals surface area contributed by atoms with Gasteiger partial charge in [0.25, 0.3) is 0 Å². The fourth-order valence-corrected chi connectivity index (χ4v) is 3.81. The Hall–Kier alpha value is 0.0700. The Balaban J connectivity index is 2.03. The van der Waals surface area contributed by atoms with Crippen LogP contribution in [0.25, 0.3) is 0 Å². The van der Waals surface area contributed by atoms with Gasteiger partial charge in [0.05, 0.1) is 11.4 Å². The quantitative estimate of drug-likeness (QED) is 0.781. The van der Waals surface area contributed by atoms with Gasteiger partial charge in [-0.25, -0.2) is 9.97 Å². The van der Waals surface area contributed by atoms with Crippen molar-refractivity contribution in [2.45, 2.75) is 31.1 Å². The molecule has 0 aliphatic carbocycles. The molecule has 1 aromatic rings. The number of nitrogens with zero attached hydrogens (tertiary/aromatic N) is 2. The molecule has 0 aromatic carbocycles. The molecule has 1 aliphatic heterocycles. The van der Waals surface area contributed by atoms with Crippen LogP contribution in [0.4, 0.5) is 0 Å². The van der Waals surface area contributed by atoms with E-state index in [9.17, 15) is 0 Å². The Bertz CT molecular complexity index is 382. The number of aromatic nitrogens is 2. The first-order chi connectivity index (χ1) is 7.66. The smallest absolute Gasteiger partial charge is 0.140 e. The number of fused-ring (bicyclic) bond motifs is 1. The van der Waals surface area contributed by atoms with Crippen LogP contribution in [0.5, 0.6) is 0 Å². The fourth-order valence-electron chi connectivity index (χ4n) is 1.51. The maximum atomic E-state index is 6.14. The predicted molar refractivity (Wildman–Crippen MR) is 73.0 cm³/mol. The minimum Gasteiger partial charge on any atom is -0.236 e. The number of halogens is 1. The van der Waals surface area contributed by atoms with Gasteiger partial charge in [-0.3, -0.25) is 0 Å². The minimum atomic E-state index is 0.662. The summed E-state index contributed by atoms with van der Waals surface area (Å²) in [5.74, 6) is 5.57. The van der Waals surface area contributed by atoms with Crippen molar-refractivity contribution in [3.63, 3.8) is 0 Å². The van der Waals surface area contributed by atoms with E-state index < -0.39 is 0 Å². The van der Waals surface area contributed by atoms with Crippen LogP contribution in [-0.2, 0) is 17.3 Å². The highest BCUT2D eigenvalue weighted by Gasteiger charge is 2.18. The molecule has 0 fully saturated rings. The number of hydrogen-bond donors (Lipinski definition) is 0. The Morgan fingerprint density at radius 3 is 2.94 bits per heavy atom. The first kappa shape index (κ1) is 12.5. The summed E-state index contributed by atoms with van der Waals surface area (Å²) < 4.78 is 0. The van der Waals surface area contributed by atoms with Crippen LogP contribution >= 0.6 is 35.1 Å². The lowest BCUT2D eigenvalue weighted by Crippen LogP contribution is -2.01. The van der Waals surface area contributed by atoms with Crippen molar-refractivity contribution in [2.75, 3.05) is 5.75 Å². The van der Waals surface area contributed by atoms with E-state index in [1.54, 1.807) is 0 Å². The lowest BCUT2D eigenvalue weighted by molar-refractivity contribution is 0.749. The molecule has 2 rings (SSSR count). The highest BCUT2D eigenvalue weighted by atomic mass is 35.5. The molecule has 0 amide bonds. The van der Waals surface area contributed by atoms with Crippen molar-refractivity contribution in [2.24, 2.45) is 5.92 Å². The van der Waals surface area contributed by atoms with E-state index in [2.05, 4.69) is 23.8 Å². The molecule has 88 valence electrons. The van der Waals surface area contributed by atoms with E-state index in [0.29, 0.717) is 11.1 Å². The number of rotatable bonds is 4. The van der Waals surface area contributed by atoms with E-state index in [-0.39, 0.29) is 0 Å². The van der Waals surface area contributed by atoms with Gasteiger partial charge in [-0.1, -0.05) is 25.4 Å². The summed E-state index contributed by atoms with van der Waals surface area (Å²) in [6.07, 6.45) is 0. The van der Waals surface area contributed by atoms with E-state index in [1.807, 2.05) is 23.5 Å². The third-order valence-electron chi connectivity index (χ3n) is 2.26. The van der Waals surface area contributed by atoms with E-state index >= 15 is 0 Å². The van der Waals surface area contributed by atoms with Crippen LogP contribution in [0, 0.1) is 5.92 Å². The monoisotopic (exact) mass is 274 g/mol. The van der Waals surface area contributed by atoms with Gasteiger partial charge >= 0.3 is 0 Å². The number of thioether (sulfide) groups is 2. The van der Waals surface area contributed by atoms with Crippen LogP contribution in [0.3, 0.4) is 0 Å². The normalized spacial score (nSPS) is 14.5. The van der Waals surface area contributed by atoms with Crippen LogP contribution in [0.1, 0.15) is 30.9 Å². The van der Waals surface area contributed by atoms with E-state index in [1.165, 1.54) is 0 Å². The zero-order valence-corrected chi connectivity index (χ0v) is 11.9. The summed E-state index contributed by atoms with van der Waals surface area (Å²) in [6.45, 7) is 4.44.